The fourth-order valence-corrected chi connectivity index (χ4v) is 11.2. The monoisotopic (exact) mass is 1050 g/mol. The summed E-state index contributed by atoms with van der Waals surface area (Å²) in [6.07, 6.45) is 6.27. The number of carboxylic acids is 1. The molecule has 2 fully saturated rings. The van der Waals surface area contributed by atoms with Crippen molar-refractivity contribution in [2.24, 2.45) is 23.7 Å². The highest BCUT2D eigenvalue weighted by Crippen LogP contribution is 2.55. The van der Waals surface area contributed by atoms with Gasteiger partial charge in [0.25, 0.3) is 17.2 Å². The molecule has 20 heteroatoms. The molecule has 9 rings (SSSR count). The predicted molar refractivity (Wildman–Crippen MR) is 279 cm³/mol. The molecule has 2 aromatic carbocycles. The number of nitrogens with zero attached hydrogens (tertiary/aromatic N) is 2. The molecule has 8 N–H and O–H groups in total. The number of ether oxygens (including phenoxy) is 4. The number of aromatic carboxylic acids is 1. The lowest BCUT2D eigenvalue weighted by Gasteiger charge is -2.38. The Labute approximate surface area is 438 Å². The van der Waals surface area contributed by atoms with Crippen LogP contribution in [-0.2, 0) is 30.3 Å². The standard InChI is InChI=1S/C56H67FN4O15/c1-24-12-11-13-25(2)53(69)59-42-36(21-58-33-16-18-60(22-33)44-27(4)43-34(32-14-15-32)20-35(55(71)72)54(70)61(43)23-37(44)57)48(66)39-40(49(42)67)47(65)30(7)51-41(39)52(68)56(9,76-51)74-19-17-38(73-10)26(3)50(75-31(8)62)29(6)46(64)28(5)45(24)63/h11-13,17,19-20,23-24,26,28-29,32-33,38,45-46,50,58,63-67H,14-16,18,21-22H2,1-10H3,(H,59,69)(H,71,72)/t24-,26+,28+,29+,33-,38-,45-,46+,50+,56-/m0/s1. The van der Waals surface area contributed by atoms with Crippen molar-refractivity contribution < 1.29 is 73.2 Å². The molecule has 1 amide bonds. The van der Waals surface area contributed by atoms with Crippen molar-refractivity contribution in [2.45, 2.75) is 130 Å². The number of hydrogen-bond acceptors (Lipinski definition) is 16. The second kappa shape index (κ2) is 21.2. The van der Waals surface area contributed by atoms with Crippen LogP contribution < -0.4 is 25.8 Å². The summed E-state index contributed by atoms with van der Waals surface area (Å²) < 4.78 is 41.1. The van der Waals surface area contributed by atoms with Crippen LogP contribution in [0.1, 0.15) is 117 Å². The first-order valence-corrected chi connectivity index (χ1v) is 25.5. The van der Waals surface area contributed by atoms with Crippen LogP contribution in [0.4, 0.5) is 15.8 Å². The number of benzene rings is 2. The van der Waals surface area contributed by atoms with Gasteiger partial charge in [0.1, 0.15) is 28.9 Å². The smallest absolute Gasteiger partial charge is 0.341 e. The number of aryl methyl sites for hydroxylation is 1. The van der Waals surface area contributed by atoms with Crippen LogP contribution in [0.2, 0.25) is 0 Å². The second-order valence-corrected chi connectivity index (χ2v) is 21.1. The summed E-state index contributed by atoms with van der Waals surface area (Å²) in [5.41, 5.74) is 0.00235. The Hall–Kier alpha value is -7.00. The van der Waals surface area contributed by atoms with Crippen molar-refractivity contribution in [3.8, 4) is 23.0 Å². The molecular weight excluding hydrogens is 988 g/mol. The Morgan fingerprint density at radius 3 is 2.28 bits per heavy atom. The minimum Gasteiger partial charge on any atom is -0.507 e. The number of esters is 1. The molecule has 0 radical (unpaired) electrons. The molecular formula is C56H67FN4O15. The Morgan fingerprint density at radius 1 is 0.934 bits per heavy atom. The number of aromatic hydroxyl groups is 3. The average molecular weight is 1060 g/mol. The van der Waals surface area contributed by atoms with Gasteiger partial charge in [-0.2, -0.15) is 0 Å². The number of rotatable bonds is 8. The zero-order chi connectivity index (χ0) is 55.6. The normalized spacial score (nSPS) is 27.5. The summed E-state index contributed by atoms with van der Waals surface area (Å²) >= 11 is 0. The number of phenols is 3. The first kappa shape index (κ1) is 55.2. The molecule has 6 heterocycles. The van der Waals surface area contributed by atoms with Crippen LogP contribution in [0.15, 0.2) is 53.2 Å². The van der Waals surface area contributed by atoms with E-state index in [2.05, 4.69) is 10.6 Å². The number of hydrogen-bond donors (Lipinski definition) is 8. The molecule has 4 aromatic rings. The lowest BCUT2D eigenvalue weighted by atomic mass is 9.78. The number of amides is 1. The van der Waals surface area contributed by atoms with E-state index in [-0.39, 0.29) is 69.2 Å². The van der Waals surface area contributed by atoms with Gasteiger partial charge in [-0.25, -0.2) is 9.18 Å². The zero-order valence-electron chi connectivity index (χ0n) is 44.2. The molecule has 1 aliphatic carbocycles. The number of carbonyl (C=O) groups excluding carboxylic acids is 3. The molecule has 1 saturated heterocycles. The summed E-state index contributed by atoms with van der Waals surface area (Å²) in [7, 11) is 1.41. The number of halogens is 1. The first-order valence-electron chi connectivity index (χ1n) is 25.5. The molecule has 10 atom stereocenters. The highest BCUT2D eigenvalue weighted by atomic mass is 19.1. The molecule has 1 saturated carbocycles. The van der Waals surface area contributed by atoms with E-state index in [4.69, 9.17) is 18.9 Å². The Morgan fingerprint density at radius 2 is 1.63 bits per heavy atom. The minimum atomic E-state index is -2.13. The summed E-state index contributed by atoms with van der Waals surface area (Å²) in [6, 6.07) is 0.974. The molecule has 76 heavy (non-hydrogen) atoms. The number of carboxylic acid groups (broad SMARTS) is 1. The average Bonchev–Trinajstić information content (AvgIpc) is 4.14. The number of methoxy groups -OCH3 is 1. The third-order valence-corrected chi connectivity index (χ3v) is 15.9. The summed E-state index contributed by atoms with van der Waals surface area (Å²) in [4.78, 5) is 68.4. The van der Waals surface area contributed by atoms with Gasteiger partial charge in [0.2, 0.25) is 0 Å². The van der Waals surface area contributed by atoms with E-state index in [1.807, 2.05) is 0 Å². The maximum atomic E-state index is 16.3. The SMILES string of the molecule is CO[C@H]1C=CO[C@@]2(C)Oc3c(C)c(O)c4c(O)c(c(CN[C@H]5CCN(c6c(F)cn7c(=O)c(C(=O)O)cc(C8CC8)c7c6C)C5)c(O)c4c3C2=O)NC(=O)C(C)=CC=C[C@H](C)[C@H](O)[C@@H](C)[C@@H](O)[C@@H](C)[C@H](OC(C)=O)[C@@H]1C. The fraction of sp³-hybridized carbons (Fsp3) is 0.482. The number of nitrogens with one attached hydrogen (secondary N) is 2. The Bertz CT molecular complexity index is 3200. The van der Waals surface area contributed by atoms with Gasteiger partial charge >= 0.3 is 17.7 Å². The van der Waals surface area contributed by atoms with Crippen LogP contribution in [0, 0.1) is 43.3 Å². The number of ketones is 1. The largest absolute Gasteiger partial charge is 0.507 e. The molecule has 408 valence electrons. The first-order chi connectivity index (χ1) is 35.8. The molecule has 5 aliphatic rings. The minimum absolute atomic E-state index is 0.00107. The van der Waals surface area contributed by atoms with Gasteiger partial charge in [-0.1, -0.05) is 45.9 Å². The van der Waals surface area contributed by atoms with Crippen LogP contribution in [0.3, 0.4) is 0 Å². The number of aliphatic hydroxyl groups is 2. The molecule has 0 spiro atoms. The highest BCUT2D eigenvalue weighted by Gasteiger charge is 2.50. The predicted octanol–water partition coefficient (Wildman–Crippen LogP) is 6.76. The number of allylic oxidation sites excluding steroid dienone is 2. The Kier molecular flexibility index (Phi) is 15.4. The van der Waals surface area contributed by atoms with Crippen LogP contribution in [-0.4, -0.2) is 115 Å². The van der Waals surface area contributed by atoms with E-state index in [1.54, 1.807) is 51.7 Å². The number of fused-ring (bicyclic) bond motifs is 15. The zero-order valence-corrected chi connectivity index (χ0v) is 44.2. The van der Waals surface area contributed by atoms with Crippen LogP contribution in [0.5, 0.6) is 23.0 Å². The van der Waals surface area contributed by atoms with E-state index in [0.717, 1.165) is 23.4 Å². The molecule has 0 unspecified atom stereocenters. The van der Waals surface area contributed by atoms with Gasteiger partial charge in [0, 0.05) is 92.4 Å². The van der Waals surface area contributed by atoms with Crippen molar-refractivity contribution in [1.82, 2.24) is 9.72 Å². The second-order valence-electron chi connectivity index (χ2n) is 21.1. The van der Waals surface area contributed by atoms with Gasteiger partial charge in [-0.3, -0.25) is 23.6 Å². The lowest BCUT2D eigenvalue weighted by molar-refractivity contribution is -0.160. The van der Waals surface area contributed by atoms with Crippen LogP contribution in [0.25, 0.3) is 16.3 Å². The van der Waals surface area contributed by atoms with E-state index >= 15 is 4.39 Å². The van der Waals surface area contributed by atoms with Crippen molar-refractivity contribution in [3.63, 3.8) is 0 Å². The van der Waals surface area contributed by atoms with Gasteiger partial charge in [-0.05, 0) is 69.2 Å². The maximum absolute atomic E-state index is 16.3. The molecule has 4 aliphatic heterocycles. The van der Waals surface area contributed by atoms with Gasteiger partial charge < -0.3 is 65.1 Å². The topological polar surface area (TPSA) is 275 Å². The summed E-state index contributed by atoms with van der Waals surface area (Å²) in [5, 5.41) is 74.8. The van der Waals surface area contributed by atoms with Gasteiger partial charge in [0.15, 0.2) is 11.6 Å². The van der Waals surface area contributed by atoms with E-state index in [0.29, 0.717) is 29.6 Å². The maximum Gasteiger partial charge on any atom is 0.341 e. The van der Waals surface area contributed by atoms with Crippen molar-refractivity contribution in [2.75, 3.05) is 30.4 Å². The van der Waals surface area contributed by atoms with Gasteiger partial charge in [-0.15, -0.1) is 0 Å². The number of pyridine rings is 2. The fourth-order valence-electron chi connectivity index (χ4n) is 11.2. The van der Waals surface area contributed by atoms with Crippen molar-refractivity contribution in [3.05, 3.63) is 98.0 Å². The lowest BCUT2D eigenvalue weighted by Crippen LogP contribution is -2.46. The van der Waals surface area contributed by atoms with Gasteiger partial charge in [0.05, 0.1) is 58.6 Å². The van der Waals surface area contributed by atoms with Crippen LogP contribution >= 0.6 is 0 Å². The van der Waals surface area contributed by atoms with E-state index in [9.17, 15) is 54.6 Å². The number of Topliss-reactive ketones (excluding diaryl/α,β-unsaturated/α-hetero) is 1. The number of carbonyl (C=O) groups is 4. The highest BCUT2D eigenvalue weighted by molar-refractivity contribution is 6.22. The molecule has 2 aromatic heterocycles. The van der Waals surface area contributed by atoms with Crippen molar-refractivity contribution >= 4 is 51.3 Å². The quantitative estimate of drug-likeness (QED) is 0.0514. The third kappa shape index (κ3) is 9.87. The number of anilines is 2. The molecule has 19 nitrogen and oxygen atoms in total. The number of phenolic OH excluding ortho intramolecular Hbond substituents is 3. The number of aliphatic hydroxyl groups excluding tert-OH is 2. The summed E-state index contributed by atoms with van der Waals surface area (Å²) in [5.74, 6) is -11.1. The Balaban J connectivity index is 1.19. The number of aromatic nitrogens is 1. The van der Waals surface area contributed by atoms with Crippen molar-refractivity contribution in [1.29, 1.82) is 0 Å². The van der Waals surface area contributed by atoms with E-state index in [1.165, 1.54) is 59.3 Å². The third-order valence-electron chi connectivity index (χ3n) is 15.9. The molecule has 5 bridgehead atoms. The van der Waals surface area contributed by atoms with E-state index < -0.39 is 118 Å². The summed E-state index contributed by atoms with van der Waals surface area (Å²) in [6.45, 7) is 14.3.